The van der Waals surface area contributed by atoms with Crippen molar-refractivity contribution >= 4 is 47.6 Å². The van der Waals surface area contributed by atoms with Gasteiger partial charge in [0.25, 0.3) is 5.91 Å². The van der Waals surface area contributed by atoms with Gasteiger partial charge in [-0.25, -0.2) is 4.39 Å². The van der Waals surface area contributed by atoms with Crippen LogP contribution in [0, 0.1) is 5.82 Å². The van der Waals surface area contributed by atoms with E-state index in [4.69, 9.17) is 0 Å². The van der Waals surface area contributed by atoms with Crippen molar-refractivity contribution in [1.82, 2.24) is 16.0 Å². The number of hydrogen-bond acceptors (Lipinski definition) is 3. The van der Waals surface area contributed by atoms with Crippen LogP contribution in [0.1, 0.15) is 27.0 Å². The summed E-state index contributed by atoms with van der Waals surface area (Å²) in [5.74, 6) is 1.14. The molecule has 0 atom stereocenters. The monoisotopic (exact) mass is 530 g/mol. The van der Waals surface area contributed by atoms with Gasteiger partial charge in [0, 0.05) is 38.5 Å². The number of guanidine groups is 1. The van der Waals surface area contributed by atoms with E-state index in [2.05, 4.69) is 20.9 Å². The van der Waals surface area contributed by atoms with Crippen molar-refractivity contribution < 1.29 is 9.18 Å². The van der Waals surface area contributed by atoms with Crippen molar-refractivity contribution in [2.24, 2.45) is 4.99 Å². The minimum absolute atomic E-state index is 0. The largest absolute Gasteiger partial charge is 0.356 e. The predicted octanol–water partition coefficient (Wildman–Crippen LogP) is 3.57. The molecule has 0 unspecified atom stereocenters. The number of thioether (sulfide) groups is 1. The molecular weight excluding hydrogens is 502 g/mol. The number of rotatable bonds is 8. The van der Waals surface area contributed by atoms with Crippen LogP contribution in [0.4, 0.5) is 4.39 Å². The van der Waals surface area contributed by atoms with E-state index in [1.807, 2.05) is 30.5 Å². The van der Waals surface area contributed by atoms with Gasteiger partial charge in [0.1, 0.15) is 5.82 Å². The number of amides is 1. The van der Waals surface area contributed by atoms with Crippen molar-refractivity contribution in [3.8, 4) is 0 Å². The zero-order chi connectivity index (χ0) is 20.4. The normalized spacial score (nSPS) is 10.8. The highest BCUT2D eigenvalue weighted by Gasteiger charge is 2.06. The lowest BCUT2D eigenvalue weighted by Gasteiger charge is -2.14. The summed E-state index contributed by atoms with van der Waals surface area (Å²) >= 11 is 1.67. The van der Waals surface area contributed by atoms with Gasteiger partial charge < -0.3 is 16.0 Å². The van der Waals surface area contributed by atoms with Gasteiger partial charge in [0.05, 0.1) is 0 Å². The highest BCUT2D eigenvalue weighted by molar-refractivity contribution is 14.0. The second-order valence-corrected chi connectivity index (χ2v) is 7.09. The van der Waals surface area contributed by atoms with E-state index >= 15 is 0 Å². The number of halogens is 2. The second kappa shape index (κ2) is 13.4. The summed E-state index contributed by atoms with van der Waals surface area (Å²) in [5, 5.41) is 9.18. The maximum Gasteiger partial charge on any atom is 0.251 e. The van der Waals surface area contributed by atoms with Crippen molar-refractivity contribution in [1.29, 1.82) is 0 Å². The summed E-state index contributed by atoms with van der Waals surface area (Å²) in [6.45, 7) is 1.25. The lowest BCUT2D eigenvalue weighted by Crippen LogP contribution is -2.38. The van der Waals surface area contributed by atoms with Gasteiger partial charge in [-0.15, -0.1) is 24.0 Å². The van der Waals surface area contributed by atoms with Gasteiger partial charge in [-0.3, -0.25) is 9.79 Å². The van der Waals surface area contributed by atoms with Gasteiger partial charge in [-0.2, -0.15) is 11.8 Å². The van der Waals surface area contributed by atoms with Crippen LogP contribution in [0.25, 0.3) is 0 Å². The first-order valence-electron chi connectivity index (χ1n) is 9.09. The Morgan fingerprint density at radius 3 is 2.62 bits per heavy atom. The van der Waals surface area contributed by atoms with Crippen LogP contribution < -0.4 is 16.0 Å². The third-order valence-corrected chi connectivity index (χ3v) is 4.86. The Balaban J connectivity index is 0.00000420. The molecule has 2 aromatic rings. The minimum atomic E-state index is -0.214. The average molecular weight is 530 g/mol. The molecule has 0 aliphatic carbocycles. The Hall–Kier alpha value is -1.81. The van der Waals surface area contributed by atoms with Gasteiger partial charge in [0.2, 0.25) is 0 Å². The SMILES string of the molecule is CN=C(NCCc1cccc(C(=O)NC)c1)NCc1ccc(F)cc1CSC.I. The summed E-state index contributed by atoms with van der Waals surface area (Å²) in [7, 11) is 3.34. The van der Waals surface area contributed by atoms with E-state index in [0.717, 1.165) is 28.9 Å². The molecule has 0 spiro atoms. The van der Waals surface area contributed by atoms with E-state index < -0.39 is 0 Å². The molecule has 0 fully saturated rings. The van der Waals surface area contributed by atoms with Crippen molar-refractivity contribution in [3.63, 3.8) is 0 Å². The number of carbonyl (C=O) groups is 1. The maximum absolute atomic E-state index is 13.5. The van der Waals surface area contributed by atoms with Crippen LogP contribution in [0.5, 0.6) is 0 Å². The Labute approximate surface area is 193 Å². The molecule has 29 heavy (non-hydrogen) atoms. The van der Waals surface area contributed by atoms with E-state index in [0.29, 0.717) is 24.6 Å². The van der Waals surface area contributed by atoms with Gasteiger partial charge in [-0.1, -0.05) is 18.2 Å². The van der Waals surface area contributed by atoms with E-state index in [1.165, 1.54) is 6.07 Å². The smallest absolute Gasteiger partial charge is 0.251 e. The molecule has 1 amide bonds. The highest BCUT2D eigenvalue weighted by atomic mass is 127. The van der Waals surface area contributed by atoms with Gasteiger partial charge in [-0.05, 0) is 53.6 Å². The zero-order valence-electron chi connectivity index (χ0n) is 16.9. The fourth-order valence-corrected chi connectivity index (χ4v) is 3.37. The third-order valence-electron chi connectivity index (χ3n) is 4.26. The van der Waals surface area contributed by atoms with Crippen molar-refractivity contribution in [2.45, 2.75) is 18.7 Å². The van der Waals surface area contributed by atoms with Crippen LogP contribution in [-0.2, 0) is 18.7 Å². The molecule has 3 N–H and O–H groups in total. The minimum Gasteiger partial charge on any atom is -0.356 e. The highest BCUT2D eigenvalue weighted by Crippen LogP contribution is 2.16. The molecule has 0 aliphatic rings. The molecule has 0 heterocycles. The molecule has 2 rings (SSSR count). The third kappa shape index (κ3) is 8.22. The second-order valence-electron chi connectivity index (χ2n) is 6.23. The fraction of sp³-hybridized carbons (Fsp3) is 0.333. The average Bonchev–Trinajstić information content (AvgIpc) is 2.71. The van der Waals surface area contributed by atoms with Crippen molar-refractivity contribution in [3.05, 3.63) is 70.5 Å². The Bertz CT molecular complexity index is 832. The van der Waals surface area contributed by atoms with E-state index in [-0.39, 0.29) is 35.7 Å². The first-order chi connectivity index (χ1) is 13.6. The van der Waals surface area contributed by atoms with E-state index in [1.54, 1.807) is 38.0 Å². The van der Waals surface area contributed by atoms with Crippen LogP contribution >= 0.6 is 35.7 Å². The Morgan fingerprint density at radius 2 is 1.93 bits per heavy atom. The first kappa shape index (κ1) is 25.2. The number of carbonyl (C=O) groups excluding carboxylic acids is 1. The summed E-state index contributed by atoms with van der Waals surface area (Å²) in [6, 6.07) is 12.5. The molecule has 2 aromatic carbocycles. The zero-order valence-corrected chi connectivity index (χ0v) is 20.1. The quantitative estimate of drug-likeness (QED) is 0.278. The summed E-state index contributed by atoms with van der Waals surface area (Å²) in [6.07, 6.45) is 2.77. The molecule has 158 valence electrons. The lowest BCUT2D eigenvalue weighted by atomic mass is 10.1. The molecule has 8 heteroatoms. The summed E-state index contributed by atoms with van der Waals surface area (Å²) in [4.78, 5) is 16.0. The predicted molar refractivity (Wildman–Crippen MR) is 131 cm³/mol. The first-order valence-corrected chi connectivity index (χ1v) is 10.5. The molecule has 0 aliphatic heterocycles. The number of nitrogens with one attached hydrogen (secondary N) is 3. The summed E-state index contributed by atoms with van der Waals surface area (Å²) in [5.41, 5.74) is 3.77. The van der Waals surface area contributed by atoms with Crippen molar-refractivity contribution in [2.75, 3.05) is 26.9 Å². The molecular formula is C21H28FIN4OS. The molecule has 0 aromatic heterocycles. The fourth-order valence-electron chi connectivity index (χ4n) is 2.79. The molecule has 0 saturated heterocycles. The molecule has 0 radical (unpaired) electrons. The van der Waals surface area contributed by atoms with Crippen LogP contribution in [0.3, 0.4) is 0 Å². The molecule has 5 nitrogen and oxygen atoms in total. The topological polar surface area (TPSA) is 65.5 Å². The number of hydrogen-bond donors (Lipinski definition) is 3. The molecule has 0 bridgehead atoms. The number of aliphatic imine (C=N–C) groups is 1. The number of benzene rings is 2. The molecule has 0 saturated carbocycles. The maximum atomic E-state index is 13.5. The Morgan fingerprint density at radius 1 is 1.14 bits per heavy atom. The van der Waals surface area contributed by atoms with Crippen LogP contribution in [0.15, 0.2) is 47.5 Å². The van der Waals surface area contributed by atoms with Crippen LogP contribution in [-0.4, -0.2) is 38.8 Å². The number of nitrogens with zero attached hydrogens (tertiary/aromatic N) is 1. The van der Waals surface area contributed by atoms with Gasteiger partial charge in [0.15, 0.2) is 5.96 Å². The standard InChI is InChI=1S/C21H27FN4OS.HI/c1-23-20(27)16-6-4-5-15(11-16)9-10-25-21(24-2)26-13-17-7-8-19(22)12-18(17)14-28-3;/h4-8,11-12H,9-10,13-14H2,1-3H3,(H,23,27)(H2,24,25,26);1H. The Kier molecular flexibility index (Phi) is 11.7. The lowest BCUT2D eigenvalue weighted by molar-refractivity contribution is 0.0963. The van der Waals surface area contributed by atoms with Gasteiger partial charge >= 0.3 is 0 Å². The van der Waals surface area contributed by atoms with E-state index in [9.17, 15) is 9.18 Å². The summed E-state index contributed by atoms with van der Waals surface area (Å²) < 4.78 is 13.5. The van der Waals surface area contributed by atoms with Crippen LogP contribution in [0.2, 0.25) is 0 Å².